The van der Waals surface area contributed by atoms with E-state index in [0.717, 1.165) is 0 Å². The lowest BCUT2D eigenvalue weighted by Gasteiger charge is -2.06. The van der Waals surface area contributed by atoms with Crippen molar-refractivity contribution in [1.29, 1.82) is 0 Å². The maximum atomic E-state index is 10.6. The summed E-state index contributed by atoms with van der Waals surface area (Å²) in [4.78, 5) is 14.0. The Bertz CT molecular complexity index is 557. The van der Waals surface area contributed by atoms with Gasteiger partial charge < -0.3 is 10.4 Å². The molecule has 0 aliphatic rings. The number of hydrogen-bond acceptors (Lipinski definition) is 5. The topological polar surface area (TPSA) is 88.3 Å². The largest absolute Gasteiger partial charge is 0.506 e. The van der Waals surface area contributed by atoms with Crippen molar-refractivity contribution in [3.05, 3.63) is 52.7 Å². The van der Waals surface area contributed by atoms with Crippen LogP contribution in [0.1, 0.15) is 0 Å². The highest BCUT2D eigenvalue weighted by molar-refractivity contribution is 5.64. The normalized spacial score (nSPS) is 9.88. The van der Waals surface area contributed by atoms with Gasteiger partial charge in [0.25, 0.3) is 5.69 Å². The summed E-state index contributed by atoms with van der Waals surface area (Å²) in [6, 6.07) is 9.18. The Morgan fingerprint density at radius 3 is 2.76 bits per heavy atom. The highest BCUT2D eigenvalue weighted by Crippen LogP contribution is 2.26. The third kappa shape index (κ3) is 2.49. The van der Waals surface area contributed by atoms with Crippen molar-refractivity contribution in [2.45, 2.75) is 0 Å². The second kappa shape index (κ2) is 4.48. The summed E-state index contributed by atoms with van der Waals surface area (Å²) in [7, 11) is 0. The summed E-state index contributed by atoms with van der Waals surface area (Å²) in [6.45, 7) is 0. The molecule has 0 aliphatic carbocycles. The molecule has 0 amide bonds. The van der Waals surface area contributed by atoms with Gasteiger partial charge in [-0.25, -0.2) is 4.98 Å². The Hall–Kier alpha value is -2.63. The van der Waals surface area contributed by atoms with Gasteiger partial charge in [-0.2, -0.15) is 0 Å². The van der Waals surface area contributed by atoms with E-state index < -0.39 is 4.92 Å². The van der Waals surface area contributed by atoms with Crippen LogP contribution < -0.4 is 5.32 Å². The highest BCUT2D eigenvalue weighted by atomic mass is 16.6. The molecule has 0 spiro atoms. The first-order chi connectivity index (χ1) is 8.16. The van der Waals surface area contributed by atoms with Gasteiger partial charge in [0.2, 0.25) is 0 Å². The fraction of sp³-hybridized carbons (Fsp3) is 0. The predicted molar refractivity (Wildman–Crippen MR) is 62.3 cm³/mol. The number of hydrogen-bond donors (Lipinski definition) is 2. The number of nitrogens with zero attached hydrogens (tertiary/aromatic N) is 2. The van der Waals surface area contributed by atoms with Crippen LogP contribution in [-0.4, -0.2) is 15.0 Å². The van der Waals surface area contributed by atoms with Gasteiger partial charge in [0.1, 0.15) is 11.6 Å². The van der Waals surface area contributed by atoms with E-state index >= 15 is 0 Å². The average molecular weight is 231 g/mol. The summed E-state index contributed by atoms with van der Waals surface area (Å²) in [5.74, 6) is 0.363. The maximum absolute atomic E-state index is 10.6. The molecule has 2 aromatic rings. The first-order valence-corrected chi connectivity index (χ1v) is 4.82. The second-order valence-corrected chi connectivity index (χ2v) is 3.30. The van der Waals surface area contributed by atoms with E-state index in [1.165, 1.54) is 24.4 Å². The summed E-state index contributed by atoms with van der Waals surface area (Å²) in [5, 5.41) is 22.9. The molecule has 1 aromatic heterocycles. The summed E-state index contributed by atoms with van der Waals surface area (Å²) >= 11 is 0. The average Bonchev–Trinajstić information content (AvgIpc) is 2.32. The van der Waals surface area contributed by atoms with Crippen molar-refractivity contribution in [3.63, 3.8) is 0 Å². The Morgan fingerprint density at radius 1 is 1.29 bits per heavy atom. The molecule has 86 valence electrons. The molecule has 0 radical (unpaired) electrons. The third-order valence-corrected chi connectivity index (χ3v) is 2.12. The lowest BCUT2D eigenvalue weighted by molar-refractivity contribution is -0.384. The van der Waals surface area contributed by atoms with E-state index in [2.05, 4.69) is 10.3 Å². The van der Waals surface area contributed by atoms with Crippen LogP contribution in [0.2, 0.25) is 0 Å². The Labute approximate surface area is 96.7 Å². The number of para-hydroxylation sites is 2. The molecular weight excluding hydrogens is 222 g/mol. The number of aromatic nitrogens is 1. The molecule has 0 fully saturated rings. The van der Waals surface area contributed by atoms with E-state index in [1.807, 2.05) is 0 Å². The molecule has 6 nitrogen and oxygen atoms in total. The molecule has 0 atom stereocenters. The number of phenolic OH excluding ortho intramolecular Hbond substituents is 1. The molecule has 1 heterocycles. The van der Waals surface area contributed by atoms with Gasteiger partial charge >= 0.3 is 0 Å². The lowest BCUT2D eigenvalue weighted by atomic mass is 10.3. The SMILES string of the molecule is O=[N+]([O-])c1ccnc(Nc2ccccc2O)c1. The summed E-state index contributed by atoms with van der Waals surface area (Å²) in [5.41, 5.74) is 0.387. The minimum atomic E-state index is -0.502. The fourth-order valence-electron chi connectivity index (χ4n) is 1.32. The van der Waals surface area contributed by atoms with E-state index in [4.69, 9.17) is 0 Å². The van der Waals surface area contributed by atoms with Crippen molar-refractivity contribution >= 4 is 17.2 Å². The summed E-state index contributed by atoms with van der Waals surface area (Å²) < 4.78 is 0. The van der Waals surface area contributed by atoms with Gasteiger partial charge in [-0.1, -0.05) is 12.1 Å². The molecule has 0 bridgehead atoms. The van der Waals surface area contributed by atoms with Crippen LogP contribution in [-0.2, 0) is 0 Å². The Balaban J connectivity index is 2.28. The zero-order valence-corrected chi connectivity index (χ0v) is 8.70. The number of anilines is 2. The monoisotopic (exact) mass is 231 g/mol. The van der Waals surface area contributed by atoms with Gasteiger partial charge in [-0.05, 0) is 12.1 Å². The number of nitrogens with one attached hydrogen (secondary N) is 1. The first-order valence-electron chi connectivity index (χ1n) is 4.82. The van der Waals surface area contributed by atoms with Crippen LogP contribution in [0.3, 0.4) is 0 Å². The minimum absolute atomic E-state index is 0.0563. The number of aromatic hydroxyl groups is 1. The van der Waals surface area contributed by atoms with Crippen LogP contribution in [0.15, 0.2) is 42.6 Å². The highest BCUT2D eigenvalue weighted by Gasteiger charge is 2.07. The molecule has 17 heavy (non-hydrogen) atoms. The van der Waals surface area contributed by atoms with E-state index in [0.29, 0.717) is 11.5 Å². The summed E-state index contributed by atoms with van der Waals surface area (Å²) in [6.07, 6.45) is 1.33. The van der Waals surface area contributed by atoms with Crippen LogP contribution in [0, 0.1) is 10.1 Å². The smallest absolute Gasteiger partial charge is 0.274 e. The molecule has 0 unspecified atom stereocenters. The van der Waals surface area contributed by atoms with Gasteiger partial charge in [0, 0.05) is 12.3 Å². The van der Waals surface area contributed by atoms with Crippen LogP contribution in [0.5, 0.6) is 5.75 Å². The molecule has 0 saturated carbocycles. The molecule has 2 rings (SSSR count). The van der Waals surface area contributed by atoms with E-state index in [9.17, 15) is 15.2 Å². The number of pyridine rings is 1. The van der Waals surface area contributed by atoms with Gasteiger partial charge in [-0.15, -0.1) is 0 Å². The van der Waals surface area contributed by atoms with Crippen molar-refractivity contribution in [1.82, 2.24) is 4.98 Å². The van der Waals surface area contributed by atoms with Crippen molar-refractivity contribution in [3.8, 4) is 5.75 Å². The van der Waals surface area contributed by atoms with Crippen LogP contribution >= 0.6 is 0 Å². The predicted octanol–water partition coefficient (Wildman–Crippen LogP) is 2.44. The zero-order valence-electron chi connectivity index (χ0n) is 8.70. The first kappa shape index (κ1) is 10.9. The molecule has 2 N–H and O–H groups in total. The van der Waals surface area contributed by atoms with Crippen molar-refractivity contribution < 1.29 is 10.0 Å². The van der Waals surface area contributed by atoms with Crippen LogP contribution in [0.25, 0.3) is 0 Å². The van der Waals surface area contributed by atoms with Crippen LogP contribution in [0.4, 0.5) is 17.2 Å². The molecule has 1 aromatic carbocycles. The Morgan fingerprint density at radius 2 is 2.06 bits per heavy atom. The van der Waals surface area contributed by atoms with Crippen molar-refractivity contribution in [2.24, 2.45) is 0 Å². The fourth-order valence-corrected chi connectivity index (χ4v) is 1.32. The van der Waals surface area contributed by atoms with E-state index in [-0.39, 0.29) is 11.4 Å². The molecule has 0 aliphatic heterocycles. The number of nitro groups is 1. The molecule has 6 heteroatoms. The van der Waals surface area contributed by atoms with Crippen molar-refractivity contribution in [2.75, 3.05) is 5.32 Å². The maximum Gasteiger partial charge on any atom is 0.274 e. The zero-order chi connectivity index (χ0) is 12.3. The number of phenols is 1. The van der Waals surface area contributed by atoms with Gasteiger partial charge in [0.05, 0.1) is 16.7 Å². The molecular formula is C11H9N3O3. The Kier molecular flexibility index (Phi) is 2.87. The number of benzene rings is 1. The molecule has 0 saturated heterocycles. The second-order valence-electron chi connectivity index (χ2n) is 3.30. The van der Waals surface area contributed by atoms with E-state index in [1.54, 1.807) is 18.2 Å². The lowest BCUT2D eigenvalue weighted by Crippen LogP contribution is -1.95. The van der Waals surface area contributed by atoms with Gasteiger partial charge in [0.15, 0.2) is 0 Å². The van der Waals surface area contributed by atoms with Gasteiger partial charge in [-0.3, -0.25) is 10.1 Å². The third-order valence-electron chi connectivity index (χ3n) is 2.12. The standard InChI is InChI=1S/C11H9N3O3/c15-10-4-2-1-3-9(10)13-11-7-8(14(16)17)5-6-12-11/h1-7,15H,(H,12,13). The number of rotatable bonds is 3. The quantitative estimate of drug-likeness (QED) is 0.481. The minimum Gasteiger partial charge on any atom is -0.506 e.